The zero-order valence-electron chi connectivity index (χ0n) is 11.2. The summed E-state index contributed by atoms with van der Waals surface area (Å²) in [7, 11) is 0. The lowest BCUT2D eigenvalue weighted by molar-refractivity contribution is 0.0299. The highest BCUT2D eigenvalue weighted by Crippen LogP contribution is 2.66. The molecule has 3 atom stereocenters. The number of rotatable bonds is 2. The van der Waals surface area contributed by atoms with Crippen molar-refractivity contribution in [1.82, 2.24) is 4.98 Å². The minimum Gasteiger partial charge on any atom is -0.490 e. The number of hydrogen-bond acceptors (Lipinski definition) is 2. The van der Waals surface area contributed by atoms with Gasteiger partial charge in [-0.1, -0.05) is 20.8 Å². The first-order valence-electron chi connectivity index (χ1n) is 6.72. The first kappa shape index (κ1) is 11.9. The molecule has 0 spiro atoms. The second-order valence-corrected chi connectivity index (χ2v) is 6.53. The van der Waals surface area contributed by atoms with Gasteiger partial charge in [-0.25, -0.2) is 4.98 Å². The number of hydrogen-bond donors (Lipinski definition) is 0. The van der Waals surface area contributed by atoms with Crippen LogP contribution in [0.3, 0.4) is 0 Å². The summed E-state index contributed by atoms with van der Waals surface area (Å²) in [5, 5.41) is 0. The Bertz CT molecular complexity index is 473. The minimum absolute atomic E-state index is 0.202. The van der Waals surface area contributed by atoms with Crippen LogP contribution in [0.4, 0.5) is 4.39 Å². The number of fused-ring (bicyclic) bond motifs is 2. The summed E-state index contributed by atoms with van der Waals surface area (Å²) in [6, 6.07) is 3.12. The van der Waals surface area contributed by atoms with Gasteiger partial charge in [0.2, 0.25) is 5.95 Å². The highest BCUT2D eigenvalue weighted by Gasteiger charge is 2.62. The maximum absolute atomic E-state index is 13.1. The van der Waals surface area contributed by atoms with Crippen molar-refractivity contribution in [2.24, 2.45) is 16.7 Å². The van der Waals surface area contributed by atoms with E-state index in [0.29, 0.717) is 11.2 Å². The average Bonchev–Trinajstić information content (AvgIpc) is 2.62. The largest absolute Gasteiger partial charge is 0.490 e. The van der Waals surface area contributed by atoms with Crippen LogP contribution in [0.1, 0.15) is 40.0 Å². The van der Waals surface area contributed by atoms with E-state index in [1.807, 2.05) is 0 Å². The minimum atomic E-state index is -0.472. The molecule has 0 aliphatic heterocycles. The van der Waals surface area contributed by atoms with Gasteiger partial charge >= 0.3 is 0 Å². The van der Waals surface area contributed by atoms with Gasteiger partial charge in [0.15, 0.2) is 0 Å². The fourth-order valence-corrected chi connectivity index (χ4v) is 3.93. The molecule has 1 aromatic rings. The summed E-state index contributed by atoms with van der Waals surface area (Å²) in [4.78, 5) is 3.56. The molecule has 0 saturated heterocycles. The Balaban J connectivity index is 1.84. The van der Waals surface area contributed by atoms with Crippen LogP contribution in [0.2, 0.25) is 0 Å². The molecule has 2 aliphatic rings. The second kappa shape index (κ2) is 3.69. The third-order valence-corrected chi connectivity index (χ3v) is 5.69. The summed E-state index contributed by atoms with van der Waals surface area (Å²) in [5.74, 6) is 0.872. The lowest BCUT2D eigenvalue weighted by Gasteiger charge is -2.38. The van der Waals surface area contributed by atoms with Crippen molar-refractivity contribution in [2.45, 2.75) is 46.1 Å². The molecule has 18 heavy (non-hydrogen) atoms. The predicted molar refractivity (Wildman–Crippen MR) is 67.8 cm³/mol. The fraction of sp³-hybridized carbons (Fsp3) is 0.667. The van der Waals surface area contributed by atoms with E-state index in [-0.39, 0.29) is 11.5 Å². The van der Waals surface area contributed by atoms with Crippen LogP contribution in [0, 0.1) is 22.7 Å². The quantitative estimate of drug-likeness (QED) is 0.743. The summed E-state index contributed by atoms with van der Waals surface area (Å²) in [5.41, 5.74) is 0.528. The smallest absolute Gasteiger partial charge is 0.216 e. The molecule has 0 N–H and O–H groups in total. The lowest BCUT2D eigenvalue weighted by atomic mass is 9.70. The topological polar surface area (TPSA) is 22.1 Å². The maximum atomic E-state index is 13.1. The molecule has 3 rings (SSSR count). The van der Waals surface area contributed by atoms with E-state index in [1.165, 1.54) is 25.1 Å². The van der Waals surface area contributed by atoms with Crippen LogP contribution in [-0.2, 0) is 0 Å². The van der Waals surface area contributed by atoms with Crippen molar-refractivity contribution in [3.8, 4) is 5.75 Å². The van der Waals surface area contributed by atoms with E-state index >= 15 is 0 Å². The zero-order chi connectivity index (χ0) is 13.0. The van der Waals surface area contributed by atoms with E-state index < -0.39 is 5.95 Å². The molecule has 2 bridgehead atoms. The molecule has 3 unspecified atom stereocenters. The van der Waals surface area contributed by atoms with Gasteiger partial charge in [-0.05, 0) is 36.7 Å². The van der Waals surface area contributed by atoms with E-state index in [2.05, 4.69) is 25.8 Å². The van der Waals surface area contributed by atoms with Gasteiger partial charge in [0.25, 0.3) is 0 Å². The fourth-order valence-electron chi connectivity index (χ4n) is 3.93. The van der Waals surface area contributed by atoms with Gasteiger partial charge in [0.1, 0.15) is 11.9 Å². The molecule has 2 fully saturated rings. The van der Waals surface area contributed by atoms with Crippen LogP contribution < -0.4 is 4.74 Å². The van der Waals surface area contributed by atoms with Crippen molar-refractivity contribution in [1.29, 1.82) is 0 Å². The van der Waals surface area contributed by atoms with Crippen LogP contribution >= 0.6 is 0 Å². The van der Waals surface area contributed by atoms with Crippen molar-refractivity contribution < 1.29 is 9.13 Å². The zero-order valence-corrected chi connectivity index (χ0v) is 11.2. The van der Waals surface area contributed by atoms with E-state index in [0.717, 1.165) is 12.3 Å². The first-order chi connectivity index (χ1) is 8.43. The predicted octanol–water partition coefficient (Wildman–Crippen LogP) is 3.81. The number of aromatic nitrogens is 1. The molecular formula is C15H20FNO. The SMILES string of the molecule is CC1(C)C2CCC1(C)C(Oc1ccnc(F)c1)C2. The molecule has 0 amide bonds. The van der Waals surface area contributed by atoms with Gasteiger partial charge in [0.05, 0.1) is 0 Å². The average molecular weight is 249 g/mol. The second-order valence-electron chi connectivity index (χ2n) is 6.53. The van der Waals surface area contributed by atoms with Gasteiger partial charge in [-0.2, -0.15) is 4.39 Å². The van der Waals surface area contributed by atoms with Crippen LogP contribution in [0.25, 0.3) is 0 Å². The first-order valence-corrected chi connectivity index (χ1v) is 6.72. The number of ether oxygens (including phenoxy) is 1. The molecule has 1 aromatic heterocycles. The lowest BCUT2D eigenvalue weighted by Crippen LogP contribution is -2.38. The Labute approximate surface area is 108 Å². The Morgan fingerprint density at radius 2 is 2.17 bits per heavy atom. The Morgan fingerprint density at radius 3 is 2.72 bits per heavy atom. The molecule has 2 nitrogen and oxygen atoms in total. The molecule has 0 radical (unpaired) electrons. The number of nitrogens with zero attached hydrogens (tertiary/aromatic N) is 1. The van der Waals surface area contributed by atoms with Gasteiger partial charge < -0.3 is 4.74 Å². The monoisotopic (exact) mass is 249 g/mol. The van der Waals surface area contributed by atoms with Crippen molar-refractivity contribution in [3.63, 3.8) is 0 Å². The van der Waals surface area contributed by atoms with Crippen LogP contribution in [0.15, 0.2) is 18.3 Å². The normalized spacial score (nSPS) is 36.9. The molecule has 0 aromatic carbocycles. The highest BCUT2D eigenvalue weighted by molar-refractivity contribution is 5.21. The summed E-state index contributed by atoms with van der Waals surface area (Å²) in [6.45, 7) is 7.02. The van der Waals surface area contributed by atoms with Gasteiger partial charge in [-0.3, -0.25) is 0 Å². The molecule has 2 aliphatic carbocycles. The maximum Gasteiger partial charge on any atom is 0.216 e. The summed E-state index contributed by atoms with van der Waals surface area (Å²) in [6.07, 6.45) is 5.27. The molecule has 98 valence electrons. The van der Waals surface area contributed by atoms with E-state index in [1.54, 1.807) is 6.07 Å². The van der Waals surface area contributed by atoms with Crippen molar-refractivity contribution in [3.05, 3.63) is 24.3 Å². The van der Waals surface area contributed by atoms with E-state index in [9.17, 15) is 4.39 Å². The molecule has 3 heteroatoms. The molecular weight excluding hydrogens is 229 g/mol. The molecule has 2 saturated carbocycles. The van der Waals surface area contributed by atoms with Gasteiger partial charge in [-0.15, -0.1) is 0 Å². The Kier molecular flexibility index (Phi) is 2.45. The van der Waals surface area contributed by atoms with Crippen LogP contribution in [-0.4, -0.2) is 11.1 Å². The highest BCUT2D eigenvalue weighted by atomic mass is 19.1. The third-order valence-electron chi connectivity index (χ3n) is 5.69. The summed E-state index contributed by atoms with van der Waals surface area (Å²) >= 11 is 0. The van der Waals surface area contributed by atoms with Crippen LogP contribution in [0.5, 0.6) is 5.75 Å². The number of halogens is 1. The number of pyridine rings is 1. The third kappa shape index (κ3) is 1.49. The summed E-state index contributed by atoms with van der Waals surface area (Å²) < 4.78 is 19.1. The standard InChI is InChI=1S/C15H20FNO/c1-14(2)10-4-6-15(14,3)12(8-10)18-11-5-7-17-13(16)9-11/h5,7,9-10,12H,4,6,8H2,1-3H3. The van der Waals surface area contributed by atoms with Crippen molar-refractivity contribution >= 4 is 0 Å². The van der Waals surface area contributed by atoms with Crippen molar-refractivity contribution in [2.75, 3.05) is 0 Å². The van der Waals surface area contributed by atoms with E-state index in [4.69, 9.17) is 4.74 Å². The van der Waals surface area contributed by atoms with Gasteiger partial charge in [0, 0.05) is 17.7 Å². The Hall–Kier alpha value is -1.12. The molecule has 1 heterocycles. The Morgan fingerprint density at radius 1 is 1.39 bits per heavy atom.